The standard InChI is InChI=1S/C8H4O3.C6H12N2O4S2/c9-7-5-3-1-2-4-6(5)8(10)11-7;7-3(5(9)10)1-13-14-2-4(8)6(11)12/h1-4H;3-4H,1-2,7-8H2,(H,9,10)(H,11,12). The molecule has 0 bridgehead atoms. The summed E-state index contributed by atoms with van der Waals surface area (Å²) in [5.41, 5.74) is 11.1. The predicted molar refractivity (Wildman–Crippen MR) is 92.3 cm³/mol. The van der Waals surface area contributed by atoms with Crippen LogP contribution in [0.1, 0.15) is 20.7 Å². The second kappa shape index (κ2) is 10.0. The van der Waals surface area contributed by atoms with E-state index in [-0.39, 0.29) is 11.5 Å². The Morgan fingerprint density at radius 3 is 1.60 bits per heavy atom. The molecular formula is C14H16N2O7S2. The minimum absolute atomic E-state index is 0.229. The number of aliphatic carboxylic acids is 2. The van der Waals surface area contributed by atoms with E-state index in [2.05, 4.69) is 4.74 Å². The summed E-state index contributed by atoms with van der Waals surface area (Å²) in [6.07, 6.45) is 0. The molecule has 0 fully saturated rings. The minimum Gasteiger partial charge on any atom is -0.480 e. The normalized spacial score (nSPS) is 14.6. The van der Waals surface area contributed by atoms with Gasteiger partial charge in [0, 0.05) is 11.5 Å². The number of esters is 2. The van der Waals surface area contributed by atoms with Crippen LogP contribution in [0, 0.1) is 0 Å². The molecule has 136 valence electrons. The molecule has 0 aromatic heterocycles. The largest absolute Gasteiger partial charge is 0.480 e. The zero-order valence-corrected chi connectivity index (χ0v) is 14.4. The van der Waals surface area contributed by atoms with E-state index in [0.717, 1.165) is 0 Å². The summed E-state index contributed by atoms with van der Waals surface area (Å²) in [5, 5.41) is 16.8. The van der Waals surface area contributed by atoms with Crippen LogP contribution in [0.25, 0.3) is 0 Å². The third-order valence-corrected chi connectivity index (χ3v) is 5.24. The molecule has 0 spiro atoms. The van der Waals surface area contributed by atoms with Crippen molar-refractivity contribution in [3.8, 4) is 0 Å². The lowest BCUT2D eigenvalue weighted by Gasteiger charge is -2.07. The lowest BCUT2D eigenvalue weighted by atomic mass is 10.1. The van der Waals surface area contributed by atoms with E-state index in [9.17, 15) is 19.2 Å². The molecule has 0 saturated carbocycles. The average molecular weight is 388 g/mol. The van der Waals surface area contributed by atoms with Gasteiger partial charge in [-0.25, -0.2) is 9.59 Å². The number of benzene rings is 1. The number of ether oxygens (including phenoxy) is 1. The first-order valence-electron chi connectivity index (χ1n) is 6.80. The number of fused-ring (bicyclic) bond motifs is 1. The molecule has 0 aliphatic carbocycles. The Hall–Kier alpha value is -2.08. The Morgan fingerprint density at radius 1 is 0.920 bits per heavy atom. The van der Waals surface area contributed by atoms with E-state index >= 15 is 0 Å². The topological polar surface area (TPSA) is 170 Å². The van der Waals surface area contributed by atoms with Gasteiger partial charge in [0.15, 0.2) is 0 Å². The number of carbonyl (C=O) groups excluding carboxylic acids is 2. The van der Waals surface area contributed by atoms with Gasteiger partial charge in [0.1, 0.15) is 12.1 Å². The highest BCUT2D eigenvalue weighted by Gasteiger charge is 2.28. The van der Waals surface area contributed by atoms with Crippen molar-refractivity contribution in [2.75, 3.05) is 11.5 Å². The molecule has 0 saturated heterocycles. The van der Waals surface area contributed by atoms with Crippen LogP contribution in [0.3, 0.4) is 0 Å². The molecule has 1 aliphatic rings. The van der Waals surface area contributed by atoms with E-state index < -0.39 is 36.0 Å². The van der Waals surface area contributed by atoms with Crippen LogP contribution in [0.4, 0.5) is 0 Å². The lowest BCUT2D eigenvalue weighted by molar-refractivity contribution is -0.138. The molecule has 2 rings (SSSR count). The van der Waals surface area contributed by atoms with Crippen LogP contribution in [-0.2, 0) is 14.3 Å². The minimum atomic E-state index is -1.07. The van der Waals surface area contributed by atoms with Gasteiger partial charge < -0.3 is 26.4 Å². The molecule has 9 nitrogen and oxygen atoms in total. The van der Waals surface area contributed by atoms with Crippen LogP contribution >= 0.6 is 21.6 Å². The molecule has 11 heteroatoms. The predicted octanol–water partition coefficient (Wildman–Crippen LogP) is 0.189. The van der Waals surface area contributed by atoms with E-state index in [1.54, 1.807) is 24.3 Å². The zero-order chi connectivity index (χ0) is 19.0. The highest BCUT2D eigenvalue weighted by Crippen LogP contribution is 2.22. The smallest absolute Gasteiger partial charge is 0.346 e. The SMILES string of the molecule is NC(CSSCC(N)C(=O)O)C(=O)O.O=C1OC(=O)c2ccccc21. The summed E-state index contributed by atoms with van der Waals surface area (Å²) in [6, 6.07) is 4.69. The second-order valence-electron chi connectivity index (χ2n) is 4.68. The molecule has 2 unspecified atom stereocenters. The van der Waals surface area contributed by atoms with Gasteiger partial charge in [0.05, 0.1) is 11.1 Å². The fourth-order valence-corrected chi connectivity index (χ4v) is 3.65. The Labute approximate surface area is 150 Å². The van der Waals surface area contributed by atoms with Crippen molar-refractivity contribution in [2.24, 2.45) is 11.5 Å². The summed E-state index contributed by atoms with van der Waals surface area (Å²) >= 11 is 0. The number of carboxylic acids is 2. The van der Waals surface area contributed by atoms with Crippen molar-refractivity contribution in [3.05, 3.63) is 35.4 Å². The highest BCUT2D eigenvalue weighted by molar-refractivity contribution is 8.76. The van der Waals surface area contributed by atoms with Crippen LogP contribution in [0.15, 0.2) is 24.3 Å². The molecule has 1 heterocycles. The quantitative estimate of drug-likeness (QED) is 0.217. The van der Waals surface area contributed by atoms with Crippen LogP contribution in [0.2, 0.25) is 0 Å². The summed E-state index contributed by atoms with van der Waals surface area (Å²) in [6.45, 7) is 0. The molecule has 0 radical (unpaired) electrons. The van der Waals surface area contributed by atoms with Crippen LogP contribution in [0.5, 0.6) is 0 Å². The molecule has 1 aliphatic heterocycles. The van der Waals surface area contributed by atoms with Gasteiger partial charge in [-0.15, -0.1) is 0 Å². The monoisotopic (exact) mass is 388 g/mol. The number of hydrogen-bond acceptors (Lipinski definition) is 9. The van der Waals surface area contributed by atoms with Gasteiger partial charge in [-0.2, -0.15) is 0 Å². The first-order valence-corrected chi connectivity index (χ1v) is 9.29. The lowest BCUT2D eigenvalue weighted by Crippen LogP contribution is -2.33. The first-order chi connectivity index (χ1) is 11.7. The fourth-order valence-electron chi connectivity index (χ4n) is 1.42. The van der Waals surface area contributed by atoms with Crippen molar-refractivity contribution in [3.63, 3.8) is 0 Å². The number of hydrogen-bond donors (Lipinski definition) is 4. The van der Waals surface area contributed by atoms with Gasteiger partial charge in [-0.1, -0.05) is 33.7 Å². The molecule has 6 N–H and O–H groups in total. The number of carboxylic acid groups (broad SMARTS) is 2. The highest BCUT2D eigenvalue weighted by atomic mass is 33.1. The molecule has 2 atom stereocenters. The van der Waals surface area contributed by atoms with Crippen molar-refractivity contribution < 1.29 is 34.1 Å². The van der Waals surface area contributed by atoms with Gasteiger partial charge in [-0.3, -0.25) is 9.59 Å². The van der Waals surface area contributed by atoms with Gasteiger partial charge in [-0.05, 0) is 12.1 Å². The Morgan fingerprint density at radius 2 is 1.28 bits per heavy atom. The number of cyclic esters (lactones) is 2. The molecule has 0 amide bonds. The van der Waals surface area contributed by atoms with Crippen molar-refractivity contribution in [1.82, 2.24) is 0 Å². The van der Waals surface area contributed by atoms with Crippen molar-refractivity contribution in [2.45, 2.75) is 12.1 Å². The Balaban J connectivity index is 0.000000255. The van der Waals surface area contributed by atoms with E-state index in [1.165, 1.54) is 21.6 Å². The van der Waals surface area contributed by atoms with Gasteiger partial charge >= 0.3 is 23.9 Å². The molecule has 1 aromatic carbocycles. The van der Waals surface area contributed by atoms with Gasteiger partial charge in [0.25, 0.3) is 0 Å². The first kappa shape index (κ1) is 21.0. The maximum Gasteiger partial charge on any atom is 0.346 e. The number of rotatable bonds is 7. The molecule has 25 heavy (non-hydrogen) atoms. The maximum absolute atomic E-state index is 10.8. The third-order valence-electron chi connectivity index (χ3n) is 2.77. The average Bonchev–Trinajstić information content (AvgIpc) is 2.86. The summed E-state index contributed by atoms with van der Waals surface area (Å²) in [4.78, 5) is 42.2. The van der Waals surface area contributed by atoms with Crippen molar-refractivity contribution in [1.29, 1.82) is 0 Å². The second-order valence-corrected chi connectivity index (χ2v) is 7.23. The number of carbonyl (C=O) groups is 4. The molecular weight excluding hydrogens is 372 g/mol. The maximum atomic E-state index is 10.8. The molecule has 1 aromatic rings. The summed E-state index contributed by atoms with van der Waals surface area (Å²) in [7, 11) is 2.41. The van der Waals surface area contributed by atoms with E-state index in [4.69, 9.17) is 21.7 Å². The Bertz CT molecular complexity index is 613. The summed E-state index contributed by atoms with van der Waals surface area (Å²) in [5.74, 6) is -2.78. The Kier molecular flexibility index (Phi) is 8.41. The van der Waals surface area contributed by atoms with Crippen LogP contribution in [-0.4, -0.2) is 57.7 Å². The number of nitrogens with two attached hydrogens (primary N) is 2. The van der Waals surface area contributed by atoms with E-state index in [1.807, 2.05) is 0 Å². The van der Waals surface area contributed by atoms with E-state index in [0.29, 0.717) is 11.1 Å². The third kappa shape index (κ3) is 6.74. The fraction of sp³-hybridized carbons (Fsp3) is 0.286. The summed E-state index contributed by atoms with van der Waals surface area (Å²) < 4.78 is 4.35. The van der Waals surface area contributed by atoms with Gasteiger partial charge in [0.2, 0.25) is 0 Å². The zero-order valence-electron chi connectivity index (χ0n) is 12.8. The van der Waals surface area contributed by atoms with Crippen molar-refractivity contribution >= 4 is 45.5 Å². The van der Waals surface area contributed by atoms with Crippen LogP contribution < -0.4 is 11.5 Å².